The van der Waals surface area contributed by atoms with Crippen LogP contribution in [0, 0.1) is 0 Å². The molecule has 1 atom stereocenters. The fourth-order valence-corrected chi connectivity index (χ4v) is 4.12. The van der Waals surface area contributed by atoms with E-state index >= 15 is 0 Å². The number of hydrogen-bond donors (Lipinski definition) is 0. The van der Waals surface area contributed by atoms with Gasteiger partial charge in [-0.3, -0.25) is 9.47 Å². The van der Waals surface area contributed by atoms with E-state index in [2.05, 4.69) is 69.9 Å². The van der Waals surface area contributed by atoms with Crippen LogP contribution in [0.3, 0.4) is 0 Å². The zero-order valence-electron chi connectivity index (χ0n) is 16.1. The zero-order chi connectivity index (χ0) is 18.5. The van der Waals surface area contributed by atoms with Gasteiger partial charge in [0.1, 0.15) is 11.6 Å². The lowest BCUT2D eigenvalue weighted by atomic mass is 10.1. The maximum atomic E-state index is 5.00. The fraction of sp³-hybridized carbons (Fsp3) is 0.391. The third-order valence-corrected chi connectivity index (χ3v) is 5.50. The van der Waals surface area contributed by atoms with Gasteiger partial charge in [-0.05, 0) is 56.5 Å². The molecule has 0 N–H and O–H groups in total. The molecular weight excluding hydrogens is 332 g/mol. The van der Waals surface area contributed by atoms with Crippen molar-refractivity contribution in [2.24, 2.45) is 0 Å². The number of hydrogen-bond acceptors (Lipinski definition) is 3. The number of likely N-dealkylation sites (tertiary alicyclic amines) is 1. The smallest absolute Gasteiger partial charge is 0.138 e. The molecule has 1 aromatic carbocycles. The molecule has 0 bridgehead atoms. The van der Waals surface area contributed by atoms with Crippen LogP contribution in [0.25, 0.3) is 5.82 Å². The second-order valence-electron chi connectivity index (χ2n) is 7.27. The summed E-state index contributed by atoms with van der Waals surface area (Å²) < 4.78 is 2.11. The van der Waals surface area contributed by atoms with Crippen molar-refractivity contribution in [1.82, 2.24) is 19.4 Å². The Morgan fingerprint density at radius 2 is 1.96 bits per heavy atom. The summed E-state index contributed by atoms with van der Waals surface area (Å²) >= 11 is 0. The predicted molar refractivity (Wildman–Crippen MR) is 109 cm³/mol. The molecule has 0 radical (unpaired) electrons. The van der Waals surface area contributed by atoms with E-state index in [4.69, 9.17) is 4.98 Å². The minimum atomic E-state index is 0.439. The van der Waals surface area contributed by atoms with Gasteiger partial charge in [-0.1, -0.05) is 43.3 Å². The monoisotopic (exact) mass is 360 g/mol. The lowest BCUT2D eigenvalue weighted by Crippen LogP contribution is -2.25. The van der Waals surface area contributed by atoms with E-state index in [-0.39, 0.29) is 0 Å². The van der Waals surface area contributed by atoms with Gasteiger partial charge in [0.15, 0.2) is 0 Å². The van der Waals surface area contributed by atoms with Gasteiger partial charge in [0.05, 0.1) is 11.7 Å². The van der Waals surface area contributed by atoms with Crippen LogP contribution in [-0.2, 0) is 12.8 Å². The van der Waals surface area contributed by atoms with Gasteiger partial charge in [0.25, 0.3) is 0 Å². The second-order valence-corrected chi connectivity index (χ2v) is 7.27. The van der Waals surface area contributed by atoms with Crippen molar-refractivity contribution in [1.29, 1.82) is 0 Å². The summed E-state index contributed by atoms with van der Waals surface area (Å²) in [6.45, 7) is 4.45. The number of aryl methyl sites for hydroxylation is 2. The molecule has 27 heavy (non-hydrogen) atoms. The summed E-state index contributed by atoms with van der Waals surface area (Å²) in [7, 11) is 0. The van der Waals surface area contributed by atoms with Crippen LogP contribution in [0.15, 0.2) is 60.9 Å². The lowest BCUT2D eigenvalue weighted by Gasteiger charge is -2.24. The maximum Gasteiger partial charge on any atom is 0.138 e. The molecule has 140 valence electrons. The summed E-state index contributed by atoms with van der Waals surface area (Å²) in [5.74, 6) is 2.05. The first-order valence-electron chi connectivity index (χ1n) is 10.1. The predicted octanol–water partition coefficient (Wildman–Crippen LogP) is 4.60. The number of nitrogens with zero attached hydrogens (tertiary/aromatic N) is 4. The second kappa shape index (κ2) is 8.49. The summed E-state index contributed by atoms with van der Waals surface area (Å²) in [6, 6.07) is 17.6. The Morgan fingerprint density at radius 3 is 2.81 bits per heavy atom. The molecule has 3 aromatic rings. The molecule has 1 aliphatic rings. The molecule has 1 saturated heterocycles. The van der Waals surface area contributed by atoms with Crippen LogP contribution in [0.1, 0.15) is 49.3 Å². The molecule has 0 amide bonds. The van der Waals surface area contributed by atoms with Crippen molar-refractivity contribution in [3.05, 3.63) is 78.0 Å². The van der Waals surface area contributed by atoms with Crippen molar-refractivity contribution in [3.63, 3.8) is 0 Å². The highest BCUT2D eigenvalue weighted by Gasteiger charge is 2.26. The largest absolute Gasteiger partial charge is 0.295 e. The Morgan fingerprint density at radius 1 is 1.07 bits per heavy atom. The molecular formula is C23H28N4. The van der Waals surface area contributed by atoms with Crippen molar-refractivity contribution >= 4 is 0 Å². The average Bonchev–Trinajstić information content (AvgIpc) is 3.38. The first kappa shape index (κ1) is 17.9. The third-order valence-electron chi connectivity index (χ3n) is 5.50. The van der Waals surface area contributed by atoms with Crippen LogP contribution in [0.2, 0.25) is 0 Å². The fourth-order valence-electron chi connectivity index (χ4n) is 4.12. The molecule has 1 unspecified atom stereocenters. The normalized spacial score (nSPS) is 17.4. The molecule has 3 heterocycles. The van der Waals surface area contributed by atoms with E-state index < -0.39 is 0 Å². The summed E-state index contributed by atoms with van der Waals surface area (Å²) in [6.07, 6.45) is 9.58. The molecule has 0 saturated carbocycles. The first-order valence-corrected chi connectivity index (χ1v) is 10.1. The Labute approximate surface area is 161 Å². The number of imidazole rings is 1. The third kappa shape index (κ3) is 4.11. The lowest BCUT2D eigenvalue weighted by molar-refractivity contribution is 0.250. The minimum absolute atomic E-state index is 0.439. The van der Waals surface area contributed by atoms with Gasteiger partial charge in [-0.15, -0.1) is 0 Å². The van der Waals surface area contributed by atoms with E-state index in [0.29, 0.717) is 6.04 Å². The highest BCUT2D eigenvalue weighted by atomic mass is 15.2. The zero-order valence-corrected chi connectivity index (χ0v) is 16.1. The highest BCUT2D eigenvalue weighted by Crippen LogP contribution is 2.31. The Balaban J connectivity index is 1.45. The quantitative estimate of drug-likeness (QED) is 0.617. The molecule has 1 fully saturated rings. The van der Waals surface area contributed by atoms with Gasteiger partial charge in [0, 0.05) is 18.8 Å². The number of rotatable bonds is 7. The summed E-state index contributed by atoms with van der Waals surface area (Å²) in [4.78, 5) is 12.1. The van der Waals surface area contributed by atoms with Crippen molar-refractivity contribution in [2.45, 2.75) is 45.1 Å². The molecule has 4 nitrogen and oxygen atoms in total. The number of benzene rings is 1. The van der Waals surface area contributed by atoms with E-state index in [0.717, 1.165) is 31.0 Å². The highest BCUT2D eigenvalue weighted by molar-refractivity contribution is 5.28. The molecule has 2 aromatic heterocycles. The van der Waals surface area contributed by atoms with Crippen LogP contribution >= 0.6 is 0 Å². The van der Waals surface area contributed by atoms with Crippen molar-refractivity contribution < 1.29 is 0 Å². The molecule has 4 rings (SSSR count). The maximum absolute atomic E-state index is 5.00. The van der Waals surface area contributed by atoms with Crippen molar-refractivity contribution in [2.75, 3.05) is 13.1 Å². The van der Waals surface area contributed by atoms with Crippen molar-refractivity contribution in [3.8, 4) is 5.82 Å². The Bertz CT molecular complexity index is 856. The van der Waals surface area contributed by atoms with Gasteiger partial charge >= 0.3 is 0 Å². The van der Waals surface area contributed by atoms with E-state index in [9.17, 15) is 0 Å². The molecule has 0 aliphatic carbocycles. The Hall–Kier alpha value is -2.46. The van der Waals surface area contributed by atoms with Gasteiger partial charge in [0.2, 0.25) is 0 Å². The summed E-state index contributed by atoms with van der Waals surface area (Å²) in [5.41, 5.74) is 2.63. The summed E-state index contributed by atoms with van der Waals surface area (Å²) in [5, 5.41) is 0. The minimum Gasteiger partial charge on any atom is -0.295 e. The van der Waals surface area contributed by atoms with Gasteiger partial charge in [-0.25, -0.2) is 9.97 Å². The SMILES string of the molecule is CCc1nccn1-c1cccc(C2CCCN2CCCc2ccccc2)n1. The van der Waals surface area contributed by atoms with E-state index in [1.165, 1.54) is 37.1 Å². The van der Waals surface area contributed by atoms with E-state index in [1.807, 2.05) is 12.4 Å². The number of pyridine rings is 1. The average molecular weight is 361 g/mol. The molecule has 1 aliphatic heterocycles. The van der Waals surface area contributed by atoms with Crippen LogP contribution in [-0.4, -0.2) is 32.5 Å². The van der Waals surface area contributed by atoms with Crippen LogP contribution in [0.4, 0.5) is 0 Å². The van der Waals surface area contributed by atoms with Crippen LogP contribution < -0.4 is 0 Å². The Kier molecular flexibility index (Phi) is 5.64. The van der Waals surface area contributed by atoms with Gasteiger partial charge in [-0.2, -0.15) is 0 Å². The first-order chi connectivity index (χ1) is 13.3. The standard InChI is InChI=1S/C23H28N4/c1-2-22-24-15-18-27(22)23-14-6-12-20(25-23)21-13-8-17-26(21)16-7-11-19-9-4-3-5-10-19/h3-6,9-10,12,14-15,18,21H,2,7-8,11,13,16-17H2,1H3. The molecule has 4 heteroatoms. The number of aromatic nitrogens is 3. The van der Waals surface area contributed by atoms with Gasteiger partial charge < -0.3 is 0 Å². The molecule has 0 spiro atoms. The topological polar surface area (TPSA) is 34.0 Å². The van der Waals surface area contributed by atoms with Crippen LogP contribution in [0.5, 0.6) is 0 Å². The van der Waals surface area contributed by atoms with E-state index in [1.54, 1.807) is 0 Å².